The van der Waals surface area contributed by atoms with Gasteiger partial charge in [-0.15, -0.1) is 0 Å². The summed E-state index contributed by atoms with van der Waals surface area (Å²) < 4.78 is 5.04. The van der Waals surface area contributed by atoms with Crippen LogP contribution < -0.4 is 10.2 Å². The van der Waals surface area contributed by atoms with Gasteiger partial charge in [0.1, 0.15) is 5.70 Å². The third kappa shape index (κ3) is 5.46. The first-order valence-corrected chi connectivity index (χ1v) is 12.0. The largest absolute Gasteiger partial charge is 0.338 e. The van der Waals surface area contributed by atoms with Crippen LogP contribution in [0.2, 0.25) is 0 Å². The van der Waals surface area contributed by atoms with Crippen LogP contribution in [0.25, 0.3) is 6.08 Å². The van der Waals surface area contributed by atoms with Crippen molar-refractivity contribution < 1.29 is 14.1 Å². The van der Waals surface area contributed by atoms with Crippen LogP contribution in [0, 0.1) is 13.8 Å². The zero-order valence-electron chi connectivity index (χ0n) is 19.5. The fourth-order valence-electron chi connectivity index (χ4n) is 3.38. The summed E-state index contributed by atoms with van der Waals surface area (Å²) in [6.07, 6.45) is 1.78. The topological polar surface area (TPSA) is 87.8 Å². The highest BCUT2D eigenvalue weighted by atomic mass is 32.2. The predicted octanol–water partition coefficient (Wildman–Crippen LogP) is 5.53. The lowest BCUT2D eigenvalue weighted by atomic mass is 10.0. The molecule has 0 saturated carbocycles. The molecule has 174 valence electrons. The van der Waals surface area contributed by atoms with Gasteiger partial charge >= 0.3 is 0 Å². The van der Waals surface area contributed by atoms with E-state index in [0.717, 1.165) is 11.1 Å². The fraction of sp³-hybridized carbons (Fsp3) is 0.231. The summed E-state index contributed by atoms with van der Waals surface area (Å²) in [4.78, 5) is 31.9. The minimum absolute atomic E-state index is 0.0601. The summed E-state index contributed by atoms with van der Waals surface area (Å²) >= 11 is 1.19. The van der Waals surface area contributed by atoms with Crippen molar-refractivity contribution in [3.8, 4) is 0 Å². The van der Waals surface area contributed by atoms with Crippen molar-refractivity contribution in [1.29, 1.82) is 0 Å². The molecular formula is C26H26N4O3S. The summed E-state index contributed by atoms with van der Waals surface area (Å²) in [6.45, 7) is 8.04. The summed E-state index contributed by atoms with van der Waals surface area (Å²) in [5, 5.41) is 6.87. The molecule has 1 aromatic heterocycles. The average molecular weight is 475 g/mol. The van der Waals surface area contributed by atoms with Gasteiger partial charge in [0.05, 0.1) is 17.1 Å². The molecule has 8 heteroatoms. The Bertz CT molecular complexity index is 1260. The number of thioether (sulfide) groups is 1. The first kappa shape index (κ1) is 23.5. The summed E-state index contributed by atoms with van der Waals surface area (Å²) in [5.41, 5.74) is 4.91. The number of benzene rings is 2. The molecule has 0 bridgehead atoms. The molecule has 7 nitrogen and oxygen atoms in total. The molecule has 2 aromatic carbocycles. The molecule has 0 fully saturated rings. The number of aryl methyl sites for hydroxylation is 2. The van der Waals surface area contributed by atoms with Crippen LogP contribution in [0.3, 0.4) is 0 Å². The van der Waals surface area contributed by atoms with E-state index in [1.807, 2.05) is 43.3 Å². The maximum absolute atomic E-state index is 13.3. The molecule has 0 atom stereocenters. The number of aliphatic imine (C=N–C) groups is 1. The van der Waals surface area contributed by atoms with Crippen LogP contribution in [0.15, 0.2) is 69.8 Å². The first-order valence-electron chi connectivity index (χ1n) is 11.0. The van der Waals surface area contributed by atoms with E-state index in [0.29, 0.717) is 28.2 Å². The Morgan fingerprint density at radius 2 is 1.82 bits per heavy atom. The van der Waals surface area contributed by atoms with Gasteiger partial charge < -0.3 is 4.52 Å². The minimum atomic E-state index is -0.276. The van der Waals surface area contributed by atoms with E-state index in [2.05, 4.69) is 41.4 Å². The van der Waals surface area contributed by atoms with E-state index in [-0.39, 0.29) is 23.5 Å². The van der Waals surface area contributed by atoms with Gasteiger partial charge in [0.15, 0.2) is 5.17 Å². The van der Waals surface area contributed by atoms with Gasteiger partial charge in [0, 0.05) is 6.07 Å². The van der Waals surface area contributed by atoms with Crippen LogP contribution in [-0.4, -0.2) is 27.9 Å². The smallest absolute Gasteiger partial charge is 0.283 e. The Morgan fingerprint density at radius 3 is 2.44 bits per heavy atom. The molecule has 0 aliphatic carbocycles. The van der Waals surface area contributed by atoms with Crippen molar-refractivity contribution in [1.82, 2.24) is 5.16 Å². The van der Waals surface area contributed by atoms with Crippen molar-refractivity contribution in [2.24, 2.45) is 4.99 Å². The van der Waals surface area contributed by atoms with E-state index in [4.69, 9.17) is 4.52 Å². The number of nitrogens with one attached hydrogen (secondary N) is 1. The molecule has 1 aliphatic heterocycles. The number of anilines is 2. The van der Waals surface area contributed by atoms with Gasteiger partial charge in [-0.05, 0) is 49.1 Å². The highest BCUT2D eigenvalue weighted by Gasteiger charge is 2.32. The predicted molar refractivity (Wildman–Crippen MR) is 137 cm³/mol. The second kappa shape index (κ2) is 10.1. The number of amidine groups is 1. The molecule has 0 spiro atoms. The SMILES string of the molecule is Cc1ccc(N2C(=O)/C(=C/c3ccc(C(C)C)cc3)N=C2SCC(=O)Nc2cc(C)no2)cc1. The number of carbonyl (C=O) groups excluding carboxylic acids is 2. The van der Waals surface area contributed by atoms with Gasteiger partial charge in [-0.3, -0.25) is 19.8 Å². The molecule has 1 N–H and O–H groups in total. The molecule has 3 aromatic rings. The molecule has 4 rings (SSSR count). The van der Waals surface area contributed by atoms with Crippen LogP contribution in [0.5, 0.6) is 0 Å². The maximum Gasteiger partial charge on any atom is 0.283 e. The second-order valence-electron chi connectivity index (χ2n) is 8.39. The molecule has 1 aliphatic rings. The molecular weight excluding hydrogens is 448 g/mol. The first-order chi connectivity index (χ1) is 16.3. The quantitative estimate of drug-likeness (QED) is 0.475. The lowest BCUT2D eigenvalue weighted by Crippen LogP contribution is -2.31. The Balaban J connectivity index is 1.57. The lowest BCUT2D eigenvalue weighted by Gasteiger charge is -2.17. The minimum Gasteiger partial charge on any atom is -0.338 e. The third-order valence-corrected chi connectivity index (χ3v) is 6.19. The zero-order valence-corrected chi connectivity index (χ0v) is 20.3. The number of rotatable bonds is 6. The number of hydrogen-bond donors (Lipinski definition) is 1. The van der Waals surface area contributed by atoms with Crippen molar-refractivity contribution >= 4 is 46.4 Å². The van der Waals surface area contributed by atoms with E-state index < -0.39 is 0 Å². The molecule has 0 unspecified atom stereocenters. The normalized spacial score (nSPS) is 14.7. The number of carbonyl (C=O) groups is 2. The fourth-order valence-corrected chi connectivity index (χ4v) is 4.19. The maximum atomic E-state index is 13.3. The van der Waals surface area contributed by atoms with Crippen LogP contribution in [0.1, 0.15) is 42.1 Å². The van der Waals surface area contributed by atoms with Gasteiger partial charge in [0.2, 0.25) is 11.8 Å². The average Bonchev–Trinajstić information content (AvgIpc) is 3.35. The summed E-state index contributed by atoms with van der Waals surface area (Å²) in [7, 11) is 0. The van der Waals surface area contributed by atoms with E-state index >= 15 is 0 Å². The highest BCUT2D eigenvalue weighted by Crippen LogP contribution is 2.30. The molecule has 2 amide bonds. The molecule has 0 saturated heterocycles. The number of aromatic nitrogens is 1. The third-order valence-electron chi connectivity index (χ3n) is 5.25. The number of hydrogen-bond acceptors (Lipinski definition) is 6. The summed E-state index contributed by atoms with van der Waals surface area (Å²) in [6, 6.07) is 17.4. The van der Waals surface area contributed by atoms with Crippen molar-refractivity contribution in [2.75, 3.05) is 16.0 Å². The second-order valence-corrected chi connectivity index (χ2v) is 9.33. The van der Waals surface area contributed by atoms with Gasteiger partial charge in [-0.25, -0.2) is 4.99 Å². The zero-order chi connectivity index (χ0) is 24.2. The van der Waals surface area contributed by atoms with E-state index in [9.17, 15) is 9.59 Å². The summed E-state index contributed by atoms with van der Waals surface area (Å²) in [5.74, 6) is 0.269. The van der Waals surface area contributed by atoms with Crippen LogP contribution in [0.4, 0.5) is 11.6 Å². The Kier molecular flexibility index (Phi) is 6.98. The Morgan fingerprint density at radius 1 is 1.12 bits per heavy atom. The lowest BCUT2D eigenvalue weighted by molar-refractivity contribution is -0.114. The van der Waals surface area contributed by atoms with Crippen molar-refractivity contribution in [3.05, 3.63) is 82.7 Å². The van der Waals surface area contributed by atoms with Gasteiger partial charge in [-0.2, -0.15) is 0 Å². The van der Waals surface area contributed by atoms with E-state index in [1.165, 1.54) is 17.3 Å². The van der Waals surface area contributed by atoms with Crippen molar-refractivity contribution in [3.63, 3.8) is 0 Å². The van der Waals surface area contributed by atoms with Crippen molar-refractivity contribution in [2.45, 2.75) is 33.6 Å². The number of amides is 2. The standard InChI is InChI=1S/C26H26N4O3S/c1-16(2)20-9-7-19(8-10-20)14-22-25(32)30(21-11-5-17(3)6-12-21)26(27-22)34-15-23(31)28-24-13-18(4)29-33-24/h5-14,16H,15H2,1-4H3,(H,28,31)/b22-14-. The molecule has 2 heterocycles. The number of nitrogens with zero attached hydrogens (tertiary/aromatic N) is 3. The molecule has 34 heavy (non-hydrogen) atoms. The van der Waals surface area contributed by atoms with Gasteiger partial charge in [0.25, 0.3) is 5.91 Å². The Hall–Kier alpha value is -3.65. The molecule has 0 radical (unpaired) electrons. The highest BCUT2D eigenvalue weighted by molar-refractivity contribution is 8.14. The monoisotopic (exact) mass is 474 g/mol. The van der Waals surface area contributed by atoms with E-state index in [1.54, 1.807) is 24.0 Å². The van der Waals surface area contributed by atoms with Crippen LogP contribution >= 0.6 is 11.8 Å². The van der Waals surface area contributed by atoms with Gasteiger partial charge in [-0.1, -0.05) is 72.7 Å². The Labute approximate surface area is 202 Å². The van der Waals surface area contributed by atoms with Crippen LogP contribution in [-0.2, 0) is 9.59 Å².